The second kappa shape index (κ2) is 7.47. The van der Waals surface area contributed by atoms with Crippen molar-refractivity contribution in [2.75, 3.05) is 0 Å². The quantitative estimate of drug-likeness (QED) is 0.404. The van der Waals surface area contributed by atoms with Crippen molar-refractivity contribution in [2.45, 2.75) is 34.1 Å². The number of aromatic nitrogens is 5. The van der Waals surface area contributed by atoms with Gasteiger partial charge in [0, 0.05) is 23.4 Å². The van der Waals surface area contributed by atoms with Gasteiger partial charge in [-0.25, -0.2) is 9.50 Å². The number of nitrogens with zero attached hydrogens (tertiary/aromatic N) is 5. The molecule has 5 rings (SSSR count). The van der Waals surface area contributed by atoms with E-state index in [1.807, 2.05) is 42.6 Å². The third-order valence-electron chi connectivity index (χ3n) is 5.80. The molecule has 31 heavy (non-hydrogen) atoms. The molecule has 5 aromatic rings. The van der Waals surface area contributed by atoms with Gasteiger partial charge in [-0.3, -0.25) is 0 Å². The number of rotatable bonds is 4. The van der Waals surface area contributed by atoms with Crippen molar-refractivity contribution in [3.63, 3.8) is 0 Å². The van der Waals surface area contributed by atoms with E-state index in [9.17, 15) is 0 Å². The summed E-state index contributed by atoms with van der Waals surface area (Å²) in [5.41, 5.74) is 9.36. The van der Waals surface area contributed by atoms with Crippen LogP contribution in [0.2, 0.25) is 0 Å². The number of hydrogen-bond acceptors (Lipinski definition) is 5. The zero-order chi connectivity index (χ0) is 21.5. The van der Waals surface area contributed by atoms with E-state index in [1.54, 1.807) is 6.20 Å². The van der Waals surface area contributed by atoms with Crippen LogP contribution in [0.15, 0.2) is 59.3 Å². The van der Waals surface area contributed by atoms with Gasteiger partial charge in [0.25, 0.3) is 5.89 Å². The molecule has 3 heterocycles. The largest absolute Gasteiger partial charge is 0.333 e. The molecule has 0 atom stereocenters. The first-order valence-corrected chi connectivity index (χ1v) is 10.3. The third-order valence-corrected chi connectivity index (χ3v) is 5.80. The van der Waals surface area contributed by atoms with Crippen LogP contribution in [0.1, 0.15) is 33.6 Å². The molecule has 154 valence electrons. The summed E-state index contributed by atoms with van der Waals surface area (Å²) in [7, 11) is 0. The van der Waals surface area contributed by atoms with Crippen LogP contribution in [0.4, 0.5) is 0 Å². The molecule has 0 N–H and O–H groups in total. The van der Waals surface area contributed by atoms with Gasteiger partial charge in [0.05, 0.1) is 6.20 Å². The topological polar surface area (TPSA) is 69.1 Å². The zero-order valence-corrected chi connectivity index (χ0v) is 18.0. The van der Waals surface area contributed by atoms with Gasteiger partial charge in [0.1, 0.15) is 5.56 Å². The fourth-order valence-electron chi connectivity index (χ4n) is 3.87. The zero-order valence-electron chi connectivity index (χ0n) is 18.0. The van der Waals surface area contributed by atoms with Gasteiger partial charge in [-0.2, -0.15) is 10.1 Å². The standard InChI is InChI=1S/C25H23N5O/c1-15-9-11-19(12-10-15)23-28-25(31-29-23)22-14-26-30-18(4)21(17(3)27-24(22)30)13-20-8-6-5-7-16(20)2/h5-12,14H,13H2,1-4H3. The first kappa shape index (κ1) is 19.2. The SMILES string of the molecule is Cc1ccc(-c2noc(-c3cnn4c(C)c(Cc5ccccc5C)c(C)nc34)n2)cc1. The minimum absolute atomic E-state index is 0.420. The van der Waals surface area contributed by atoms with Gasteiger partial charge in [-0.15, -0.1) is 0 Å². The molecule has 0 aliphatic carbocycles. The van der Waals surface area contributed by atoms with E-state index in [4.69, 9.17) is 9.51 Å². The van der Waals surface area contributed by atoms with E-state index < -0.39 is 0 Å². The molecule has 0 fully saturated rings. The second-order valence-corrected chi connectivity index (χ2v) is 7.95. The smallest absolute Gasteiger partial charge is 0.263 e. The van der Waals surface area contributed by atoms with Gasteiger partial charge >= 0.3 is 0 Å². The van der Waals surface area contributed by atoms with Crippen LogP contribution >= 0.6 is 0 Å². The van der Waals surface area contributed by atoms with Crippen LogP contribution in [-0.4, -0.2) is 24.7 Å². The maximum absolute atomic E-state index is 5.57. The molecule has 0 saturated carbocycles. The lowest BCUT2D eigenvalue weighted by Crippen LogP contribution is -2.07. The predicted octanol–water partition coefficient (Wildman–Crippen LogP) is 5.27. The molecule has 0 aliphatic rings. The van der Waals surface area contributed by atoms with E-state index >= 15 is 0 Å². The molecule has 0 saturated heterocycles. The third kappa shape index (κ3) is 3.40. The van der Waals surface area contributed by atoms with Crippen molar-refractivity contribution in [1.29, 1.82) is 0 Å². The number of hydrogen-bond donors (Lipinski definition) is 0. The Balaban J connectivity index is 1.55. The van der Waals surface area contributed by atoms with Crippen LogP contribution in [0, 0.1) is 27.7 Å². The number of aryl methyl sites for hydroxylation is 4. The van der Waals surface area contributed by atoms with Crippen molar-refractivity contribution in [1.82, 2.24) is 24.7 Å². The van der Waals surface area contributed by atoms with Gasteiger partial charge in [-0.1, -0.05) is 59.3 Å². The summed E-state index contributed by atoms with van der Waals surface area (Å²) in [5, 5.41) is 8.74. The molecule has 3 aromatic heterocycles. The Morgan fingerprint density at radius 3 is 2.45 bits per heavy atom. The van der Waals surface area contributed by atoms with Crippen LogP contribution < -0.4 is 0 Å². The molecule has 6 nitrogen and oxygen atoms in total. The lowest BCUT2D eigenvalue weighted by Gasteiger charge is -2.13. The highest BCUT2D eigenvalue weighted by atomic mass is 16.5. The van der Waals surface area contributed by atoms with Crippen LogP contribution in [0.25, 0.3) is 28.5 Å². The van der Waals surface area contributed by atoms with E-state index in [-0.39, 0.29) is 0 Å². The van der Waals surface area contributed by atoms with Crippen LogP contribution in [-0.2, 0) is 6.42 Å². The Kier molecular flexibility index (Phi) is 4.62. The van der Waals surface area contributed by atoms with E-state index in [1.165, 1.54) is 22.3 Å². The Morgan fingerprint density at radius 1 is 0.903 bits per heavy atom. The van der Waals surface area contributed by atoms with Crippen molar-refractivity contribution in [3.05, 3.63) is 88.4 Å². The second-order valence-electron chi connectivity index (χ2n) is 7.95. The molecule has 0 unspecified atom stereocenters. The summed E-state index contributed by atoms with van der Waals surface area (Å²) in [5.74, 6) is 0.975. The average Bonchev–Trinajstić information content (AvgIpc) is 3.40. The number of fused-ring (bicyclic) bond motifs is 1. The van der Waals surface area contributed by atoms with Gasteiger partial charge in [0.2, 0.25) is 5.82 Å². The molecular weight excluding hydrogens is 386 g/mol. The van der Waals surface area contributed by atoms with Gasteiger partial charge in [0.15, 0.2) is 5.65 Å². The first-order chi connectivity index (χ1) is 15.0. The van der Waals surface area contributed by atoms with Crippen molar-refractivity contribution >= 4 is 5.65 Å². The normalized spacial score (nSPS) is 11.4. The molecule has 0 aliphatic heterocycles. The minimum atomic E-state index is 0.420. The molecule has 0 spiro atoms. The monoisotopic (exact) mass is 409 g/mol. The van der Waals surface area contributed by atoms with Gasteiger partial charge < -0.3 is 4.52 Å². The Bertz CT molecular complexity index is 1400. The average molecular weight is 409 g/mol. The minimum Gasteiger partial charge on any atom is -0.333 e. The summed E-state index contributed by atoms with van der Waals surface area (Å²) >= 11 is 0. The lowest BCUT2D eigenvalue weighted by molar-refractivity contribution is 0.432. The highest BCUT2D eigenvalue weighted by Gasteiger charge is 2.20. The van der Waals surface area contributed by atoms with Crippen molar-refractivity contribution < 1.29 is 4.52 Å². The Labute approximate surface area is 180 Å². The number of benzene rings is 2. The fourth-order valence-corrected chi connectivity index (χ4v) is 3.87. The van der Waals surface area contributed by atoms with Crippen molar-refractivity contribution in [3.8, 4) is 22.8 Å². The Morgan fingerprint density at radius 2 is 1.68 bits per heavy atom. The van der Waals surface area contributed by atoms with Crippen LogP contribution in [0.5, 0.6) is 0 Å². The van der Waals surface area contributed by atoms with Crippen molar-refractivity contribution in [2.24, 2.45) is 0 Å². The maximum Gasteiger partial charge on any atom is 0.263 e. The van der Waals surface area contributed by atoms with Gasteiger partial charge in [-0.05, 0) is 44.4 Å². The van der Waals surface area contributed by atoms with Crippen LogP contribution in [0.3, 0.4) is 0 Å². The fraction of sp³-hybridized carbons (Fsp3) is 0.200. The van der Waals surface area contributed by atoms with E-state index in [0.29, 0.717) is 11.7 Å². The van der Waals surface area contributed by atoms with E-state index in [0.717, 1.165) is 34.6 Å². The first-order valence-electron chi connectivity index (χ1n) is 10.3. The Hall–Kier alpha value is -3.80. The summed E-state index contributed by atoms with van der Waals surface area (Å²) in [6.45, 7) is 8.31. The molecular formula is C25H23N5O. The highest BCUT2D eigenvalue weighted by Crippen LogP contribution is 2.28. The predicted molar refractivity (Wildman–Crippen MR) is 120 cm³/mol. The molecule has 0 amide bonds. The maximum atomic E-state index is 5.57. The summed E-state index contributed by atoms with van der Waals surface area (Å²) in [6, 6.07) is 16.5. The molecule has 0 bridgehead atoms. The summed E-state index contributed by atoms with van der Waals surface area (Å²) in [4.78, 5) is 9.46. The van der Waals surface area contributed by atoms with E-state index in [2.05, 4.69) is 53.4 Å². The highest BCUT2D eigenvalue weighted by molar-refractivity contribution is 5.73. The summed E-state index contributed by atoms with van der Waals surface area (Å²) in [6.07, 6.45) is 2.57. The lowest BCUT2D eigenvalue weighted by atomic mass is 9.99. The molecule has 6 heteroatoms. The molecule has 2 aromatic carbocycles. The molecule has 0 radical (unpaired) electrons. The summed E-state index contributed by atoms with van der Waals surface area (Å²) < 4.78 is 7.44.